The first-order valence-corrected chi connectivity index (χ1v) is 10.6. The van der Waals surface area contributed by atoms with Gasteiger partial charge in [0.05, 0.1) is 12.0 Å². The third kappa shape index (κ3) is 6.14. The van der Waals surface area contributed by atoms with Crippen LogP contribution in [-0.4, -0.2) is 59.0 Å². The quantitative estimate of drug-likeness (QED) is 0.527. The molecule has 1 N–H and O–H groups in total. The van der Waals surface area contributed by atoms with Gasteiger partial charge in [-0.05, 0) is 23.8 Å². The van der Waals surface area contributed by atoms with E-state index in [1.807, 2.05) is 0 Å². The molecule has 12 heteroatoms. The fraction of sp³-hybridized carbons (Fsp3) is 0.300. The molecular weight excluding hydrogens is 450 g/mol. The van der Waals surface area contributed by atoms with Crippen molar-refractivity contribution in [1.82, 2.24) is 9.62 Å². The normalized spacial score (nSPS) is 11.3. The SMILES string of the molecule is COc1cccc(C(=O)OCC(=O)NCc2ccccc2S(=O)(=O)N(C)C)c1OC(F)F. The Labute approximate surface area is 183 Å². The first kappa shape index (κ1) is 25.0. The van der Waals surface area contributed by atoms with Crippen LogP contribution >= 0.6 is 0 Å². The van der Waals surface area contributed by atoms with Crippen molar-refractivity contribution in [3.63, 3.8) is 0 Å². The van der Waals surface area contributed by atoms with Gasteiger partial charge in [0.1, 0.15) is 5.56 Å². The monoisotopic (exact) mass is 472 g/mol. The lowest BCUT2D eigenvalue weighted by Gasteiger charge is -2.16. The number of hydrogen-bond donors (Lipinski definition) is 1. The number of rotatable bonds is 10. The molecule has 0 saturated carbocycles. The van der Waals surface area contributed by atoms with Crippen molar-refractivity contribution < 1.29 is 41.0 Å². The lowest BCUT2D eigenvalue weighted by Crippen LogP contribution is -2.30. The predicted octanol–water partition coefficient (Wildman–Crippen LogP) is 2.02. The molecule has 0 aliphatic carbocycles. The van der Waals surface area contributed by atoms with Crippen LogP contribution in [0.3, 0.4) is 0 Å². The minimum Gasteiger partial charge on any atom is -0.493 e. The number of amides is 1. The molecule has 0 aliphatic heterocycles. The van der Waals surface area contributed by atoms with Crippen LogP contribution in [0.2, 0.25) is 0 Å². The van der Waals surface area contributed by atoms with Crippen LogP contribution in [-0.2, 0) is 26.1 Å². The molecule has 0 radical (unpaired) electrons. The van der Waals surface area contributed by atoms with E-state index in [1.54, 1.807) is 12.1 Å². The summed E-state index contributed by atoms with van der Waals surface area (Å²) in [6.07, 6.45) is 0. The zero-order chi connectivity index (χ0) is 23.9. The van der Waals surface area contributed by atoms with E-state index >= 15 is 0 Å². The number of alkyl halides is 2. The fourth-order valence-corrected chi connectivity index (χ4v) is 3.72. The van der Waals surface area contributed by atoms with Crippen molar-refractivity contribution in [2.45, 2.75) is 18.1 Å². The molecule has 0 aliphatic rings. The number of halogens is 2. The number of ether oxygens (including phenoxy) is 3. The van der Waals surface area contributed by atoms with E-state index in [-0.39, 0.29) is 22.8 Å². The lowest BCUT2D eigenvalue weighted by molar-refractivity contribution is -0.124. The van der Waals surface area contributed by atoms with Gasteiger partial charge in [-0.3, -0.25) is 4.79 Å². The van der Waals surface area contributed by atoms with Gasteiger partial charge >= 0.3 is 12.6 Å². The molecule has 0 heterocycles. The summed E-state index contributed by atoms with van der Waals surface area (Å²) in [6, 6.07) is 9.98. The van der Waals surface area contributed by atoms with Crippen molar-refractivity contribution >= 4 is 21.9 Å². The van der Waals surface area contributed by atoms with Gasteiger partial charge in [-0.2, -0.15) is 8.78 Å². The number of nitrogens with one attached hydrogen (secondary N) is 1. The molecule has 2 rings (SSSR count). The number of para-hydroxylation sites is 1. The zero-order valence-corrected chi connectivity index (χ0v) is 18.3. The van der Waals surface area contributed by atoms with E-state index < -0.39 is 40.9 Å². The molecule has 0 unspecified atom stereocenters. The molecule has 0 atom stereocenters. The number of methoxy groups -OCH3 is 1. The number of benzene rings is 2. The standard InChI is InChI=1S/C20H22F2N2O7S/c1-24(2)32(27,28)16-10-5-4-7-13(16)11-23-17(25)12-30-19(26)14-8-6-9-15(29-3)18(14)31-20(21)22/h4-10,20H,11-12H2,1-3H3,(H,23,25). The van der Waals surface area contributed by atoms with Gasteiger partial charge in [0.2, 0.25) is 10.0 Å². The summed E-state index contributed by atoms with van der Waals surface area (Å²) in [7, 11) is 0.251. The molecule has 174 valence electrons. The second kappa shape index (κ2) is 10.9. The Balaban J connectivity index is 2.05. The van der Waals surface area contributed by atoms with Crippen molar-refractivity contribution in [2.75, 3.05) is 27.8 Å². The highest BCUT2D eigenvalue weighted by Crippen LogP contribution is 2.32. The minimum atomic E-state index is -3.73. The predicted molar refractivity (Wildman–Crippen MR) is 109 cm³/mol. The molecule has 2 aromatic carbocycles. The second-order valence-corrected chi connectivity index (χ2v) is 8.58. The maximum Gasteiger partial charge on any atom is 0.387 e. The number of hydrogen-bond acceptors (Lipinski definition) is 7. The third-order valence-corrected chi connectivity index (χ3v) is 6.08. The maximum absolute atomic E-state index is 12.7. The van der Waals surface area contributed by atoms with E-state index in [4.69, 9.17) is 9.47 Å². The molecule has 0 spiro atoms. The Morgan fingerprint density at radius 2 is 1.78 bits per heavy atom. The van der Waals surface area contributed by atoms with Crippen LogP contribution in [0.25, 0.3) is 0 Å². The summed E-state index contributed by atoms with van der Waals surface area (Å²) in [5, 5.41) is 2.45. The number of nitrogens with zero attached hydrogens (tertiary/aromatic N) is 1. The van der Waals surface area contributed by atoms with Crippen LogP contribution in [0.5, 0.6) is 11.5 Å². The molecule has 2 aromatic rings. The van der Waals surface area contributed by atoms with Crippen LogP contribution < -0.4 is 14.8 Å². The summed E-state index contributed by atoms with van der Waals surface area (Å²) in [4.78, 5) is 24.4. The molecule has 0 saturated heterocycles. The van der Waals surface area contributed by atoms with E-state index in [2.05, 4.69) is 10.1 Å². The van der Waals surface area contributed by atoms with Gasteiger partial charge < -0.3 is 19.5 Å². The zero-order valence-electron chi connectivity index (χ0n) is 17.5. The lowest BCUT2D eigenvalue weighted by atomic mass is 10.2. The number of carbonyl (C=O) groups is 2. The van der Waals surface area contributed by atoms with Crippen LogP contribution in [0.4, 0.5) is 8.78 Å². The van der Waals surface area contributed by atoms with Crippen molar-refractivity contribution in [3.05, 3.63) is 53.6 Å². The van der Waals surface area contributed by atoms with Crippen LogP contribution in [0, 0.1) is 0 Å². The van der Waals surface area contributed by atoms with Gasteiger partial charge in [0.25, 0.3) is 5.91 Å². The molecule has 32 heavy (non-hydrogen) atoms. The van der Waals surface area contributed by atoms with Gasteiger partial charge in [-0.15, -0.1) is 0 Å². The second-order valence-electron chi connectivity index (χ2n) is 6.46. The highest BCUT2D eigenvalue weighted by atomic mass is 32.2. The summed E-state index contributed by atoms with van der Waals surface area (Å²) < 4.78 is 65.3. The average Bonchev–Trinajstić information content (AvgIpc) is 2.75. The van der Waals surface area contributed by atoms with E-state index in [0.717, 1.165) is 4.31 Å². The number of carbonyl (C=O) groups excluding carboxylic acids is 2. The summed E-state index contributed by atoms with van der Waals surface area (Å²) in [6.45, 7) is -4.08. The van der Waals surface area contributed by atoms with Crippen LogP contribution in [0.1, 0.15) is 15.9 Å². The highest BCUT2D eigenvalue weighted by Gasteiger charge is 2.23. The Morgan fingerprint density at radius 3 is 2.41 bits per heavy atom. The van der Waals surface area contributed by atoms with E-state index in [0.29, 0.717) is 5.56 Å². The van der Waals surface area contributed by atoms with Gasteiger partial charge in [-0.25, -0.2) is 17.5 Å². The van der Waals surface area contributed by atoms with Crippen molar-refractivity contribution in [2.24, 2.45) is 0 Å². The molecule has 9 nitrogen and oxygen atoms in total. The van der Waals surface area contributed by atoms with Gasteiger partial charge in [0, 0.05) is 20.6 Å². The molecular formula is C20H22F2N2O7S. The molecule has 0 fully saturated rings. The Morgan fingerprint density at radius 1 is 1.09 bits per heavy atom. The van der Waals surface area contributed by atoms with Gasteiger partial charge in [-0.1, -0.05) is 24.3 Å². The number of sulfonamides is 1. The highest BCUT2D eigenvalue weighted by molar-refractivity contribution is 7.89. The third-order valence-electron chi connectivity index (χ3n) is 4.17. The topological polar surface area (TPSA) is 111 Å². The maximum atomic E-state index is 12.7. The first-order chi connectivity index (χ1) is 15.1. The molecule has 0 aromatic heterocycles. The number of esters is 1. The smallest absolute Gasteiger partial charge is 0.387 e. The van der Waals surface area contributed by atoms with E-state index in [1.165, 1.54) is 51.5 Å². The molecule has 0 bridgehead atoms. The Hall–Kier alpha value is -3.25. The first-order valence-electron chi connectivity index (χ1n) is 9.14. The minimum absolute atomic E-state index is 0.0208. The van der Waals surface area contributed by atoms with E-state index in [9.17, 15) is 26.8 Å². The van der Waals surface area contributed by atoms with Crippen molar-refractivity contribution in [1.29, 1.82) is 0 Å². The average molecular weight is 472 g/mol. The van der Waals surface area contributed by atoms with Crippen LogP contribution in [0.15, 0.2) is 47.4 Å². The Bertz CT molecular complexity index is 1080. The van der Waals surface area contributed by atoms with Crippen molar-refractivity contribution in [3.8, 4) is 11.5 Å². The summed E-state index contributed by atoms with van der Waals surface area (Å²) in [5.74, 6) is -2.43. The largest absolute Gasteiger partial charge is 0.493 e. The Kier molecular flexibility index (Phi) is 8.49. The molecule has 1 amide bonds. The summed E-state index contributed by atoms with van der Waals surface area (Å²) in [5.41, 5.74) is -0.0128. The fourth-order valence-electron chi connectivity index (χ4n) is 2.60. The summed E-state index contributed by atoms with van der Waals surface area (Å²) >= 11 is 0. The van der Waals surface area contributed by atoms with Gasteiger partial charge in [0.15, 0.2) is 18.1 Å².